The largest absolute Gasteiger partial charge is 0.497 e. The zero-order chi connectivity index (χ0) is 21.6. The Morgan fingerprint density at radius 1 is 0.806 bits per heavy atom. The molecule has 7 nitrogen and oxygen atoms in total. The number of hydrogen-bond donors (Lipinski definition) is 2. The number of nitrogens with one attached hydrogen (secondary N) is 2. The SMILES string of the molecule is COc1ccc(NC(=O)c2cnn(-c3ccccc3)c2NC(=O)c2ccccc2)cc1. The van der Waals surface area contributed by atoms with Crippen LogP contribution in [0.5, 0.6) is 5.75 Å². The van der Waals surface area contributed by atoms with Gasteiger partial charge >= 0.3 is 0 Å². The molecule has 4 rings (SSSR count). The highest BCUT2D eigenvalue weighted by Gasteiger charge is 2.21. The van der Waals surface area contributed by atoms with E-state index in [-0.39, 0.29) is 17.3 Å². The lowest BCUT2D eigenvalue weighted by Crippen LogP contribution is -2.19. The van der Waals surface area contributed by atoms with E-state index in [0.717, 1.165) is 0 Å². The van der Waals surface area contributed by atoms with Gasteiger partial charge in [0.2, 0.25) is 0 Å². The average Bonchev–Trinajstić information content (AvgIpc) is 3.24. The molecule has 0 saturated carbocycles. The van der Waals surface area contributed by atoms with Crippen molar-refractivity contribution in [2.45, 2.75) is 0 Å². The van der Waals surface area contributed by atoms with Crippen molar-refractivity contribution in [3.05, 3.63) is 102 Å². The lowest BCUT2D eigenvalue weighted by Gasteiger charge is -2.12. The van der Waals surface area contributed by atoms with Gasteiger partial charge in [-0.3, -0.25) is 9.59 Å². The van der Waals surface area contributed by atoms with Crippen molar-refractivity contribution in [1.82, 2.24) is 9.78 Å². The molecule has 7 heteroatoms. The lowest BCUT2D eigenvalue weighted by atomic mass is 10.2. The normalized spacial score (nSPS) is 10.4. The number of carbonyl (C=O) groups excluding carboxylic acids is 2. The van der Waals surface area contributed by atoms with Gasteiger partial charge in [0, 0.05) is 11.3 Å². The Morgan fingerprint density at radius 2 is 1.45 bits per heavy atom. The lowest BCUT2D eigenvalue weighted by molar-refractivity contribution is 0.102. The number of amides is 2. The topological polar surface area (TPSA) is 85.2 Å². The van der Waals surface area contributed by atoms with Crippen LogP contribution in [0.3, 0.4) is 0 Å². The molecule has 1 aromatic heterocycles. The molecule has 2 N–H and O–H groups in total. The van der Waals surface area contributed by atoms with E-state index in [0.29, 0.717) is 22.7 Å². The van der Waals surface area contributed by atoms with Crippen molar-refractivity contribution in [2.24, 2.45) is 0 Å². The molecule has 3 aromatic carbocycles. The summed E-state index contributed by atoms with van der Waals surface area (Å²) >= 11 is 0. The van der Waals surface area contributed by atoms with E-state index in [4.69, 9.17) is 4.74 Å². The summed E-state index contributed by atoms with van der Waals surface area (Å²) in [5, 5.41) is 10.0. The number of rotatable bonds is 6. The quantitative estimate of drug-likeness (QED) is 0.492. The van der Waals surface area contributed by atoms with Crippen LogP contribution in [-0.4, -0.2) is 28.7 Å². The Hall–Kier alpha value is -4.39. The summed E-state index contributed by atoms with van der Waals surface area (Å²) in [5.41, 5.74) is 2.03. The van der Waals surface area contributed by atoms with Gasteiger partial charge in [-0.25, -0.2) is 4.68 Å². The van der Waals surface area contributed by atoms with Crippen molar-refractivity contribution < 1.29 is 14.3 Å². The molecule has 0 atom stereocenters. The van der Waals surface area contributed by atoms with E-state index >= 15 is 0 Å². The van der Waals surface area contributed by atoms with Gasteiger partial charge < -0.3 is 15.4 Å². The average molecular weight is 412 g/mol. The zero-order valence-corrected chi connectivity index (χ0v) is 16.8. The summed E-state index contributed by atoms with van der Waals surface area (Å²) in [5.74, 6) is 0.240. The first-order chi connectivity index (χ1) is 15.2. The zero-order valence-electron chi connectivity index (χ0n) is 16.8. The molecule has 0 fully saturated rings. The van der Waals surface area contributed by atoms with Crippen molar-refractivity contribution >= 4 is 23.3 Å². The maximum atomic E-state index is 13.0. The summed E-state index contributed by atoms with van der Waals surface area (Å²) in [6.07, 6.45) is 1.44. The number of hydrogen-bond acceptors (Lipinski definition) is 4. The second kappa shape index (κ2) is 8.96. The fraction of sp³-hybridized carbons (Fsp3) is 0.0417. The molecule has 31 heavy (non-hydrogen) atoms. The molecule has 0 radical (unpaired) electrons. The predicted octanol–water partition coefficient (Wildman–Crippen LogP) is 4.39. The van der Waals surface area contributed by atoms with Gasteiger partial charge in [0.15, 0.2) is 0 Å². The number of anilines is 2. The van der Waals surface area contributed by atoms with E-state index in [2.05, 4.69) is 15.7 Å². The fourth-order valence-corrected chi connectivity index (χ4v) is 3.04. The van der Waals surface area contributed by atoms with Gasteiger partial charge in [0.25, 0.3) is 11.8 Å². The molecule has 0 aliphatic heterocycles. The Bertz CT molecular complexity index is 1190. The van der Waals surface area contributed by atoms with E-state index < -0.39 is 5.91 Å². The van der Waals surface area contributed by atoms with Crippen LogP contribution in [0.1, 0.15) is 20.7 Å². The van der Waals surface area contributed by atoms with Gasteiger partial charge in [-0.2, -0.15) is 5.10 Å². The van der Waals surface area contributed by atoms with Crippen molar-refractivity contribution in [3.63, 3.8) is 0 Å². The first-order valence-electron chi connectivity index (χ1n) is 9.61. The summed E-state index contributed by atoms with van der Waals surface area (Å²) < 4.78 is 6.67. The maximum Gasteiger partial charge on any atom is 0.261 e. The number of aromatic nitrogens is 2. The van der Waals surface area contributed by atoms with Crippen LogP contribution in [0.4, 0.5) is 11.5 Å². The summed E-state index contributed by atoms with van der Waals surface area (Å²) in [7, 11) is 1.58. The third-order valence-corrected chi connectivity index (χ3v) is 4.63. The Balaban J connectivity index is 1.67. The monoisotopic (exact) mass is 412 g/mol. The standard InChI is InChI=1S/C24H20N4O3/c1-31-20-14-12-18(13-15-20)26-24(30)21-16-25-28(19-10-6-3-7-11-19)22(21)27-23(29)17-8-4-2-5-9-17/h2-16H,1H3,(H,26,30)(H,27,29). The van der Waals surface area contributed by atoms with Gasteiger partial charge in [-0.1, -0.05) is 36.4 Å². The highest BCUT2D eigenvalue weighted by molar-refractivity contribution is 6.12. The van der Waals surface area contributed by atoms with Crippen LogP contribution < -0.4 is 15.4 Å². The molecule has 0 unspecified atom stereocenters. The molecule has 0 saturated heterocycles. The number of benzene rings is 3. The van der Waals surface area contributed by atoms with Crippen molar-refractivity contribution in [2.75, 3.05) is 17.7 Å². The van der Waals surface area contributed by atoms with Crippen LogP contribution in [0.2, 0.25) is 0 Å². The first-order valence-corrected chi connectivity index (χ1v) is 9.61. The molecule has 4 aromatic rings. The predicted molar refractivity (Wildman–Crippen MR) is 119 cm³/mol. The summed E-state index contributed by atoms with van der Waals surface area (Å²) in [6, 6.07) is 25.1. The first kappa shape index (κ1) is 19.9. The molecule has 0 aliphatic carbocycles. The fourth-order valence-electron chi connectivity index (χ4n) is 3.04. The van der Waals surface area contributed by atoms with Gasteiger partial charge in [-0.15, -0.1) is 0 Å². The summed E-state index contributed by atoms with van der Waals surface area (Å²) in [4.78, 5) is 25.8. The molecular formula is C24H20N4O3. The third-order valence-electron chi connectivity index (χ3n) is 4.63. The van der Waals surface area contributed by atoms with Crippen LogP contribution >= 0.6 is 0 Å². The highest BCUT2D eigenvalue weighted by Crippen LogP contribution is 2.23. The highest BCUT2D eigenvalue weighted by atomic mass is 16.5. The van der Waals surface area contributed by atoms with Crippen molar-refractivity contribution in [3.8, 4) is 11.4 Å². The van der Waals surface area contributed by atoms with Crippen LogP contribution in [-0.2, 0) is 0 Å². The second-order valence-electron chi connectivity index (χ2n) is 6.66. The smallest absolute Gasteiger partial charge is 0.261 e. The Kier molecular flexibility index (Phi) is 5.75. The van der Waals surface area contributed by atoms with Crippen molar-refractivity contribution in [1.29, 1.82) is 0 Å². The third kappa shape index (κ3) is 4.45. The van der Waals surface area contributed by atoms with Gasteiger partial charge in [0.05, 0.1) is 19.0 Å². The van der Waals surface area contributed by atoms with E-state index in [1.807, 2.05) is 36.4 Å². The number of ether oxygens (including phenoxy) is 1. The van der Waals surface area contributed by atoms with E-state index in [1.54, 1.807) is 55.6 Å². The molecule has 0 bridgehead atoms. The van der Waals surface area contributed by atoms with E-state index in [9.17, 15) is 9.59 Å². The second-order valence-corrected chi connectivity index (χ2v) is 6.66. The minimum Gasteiger partial charge on any atom is -0.497 e. The number of methoxy groups -OCH3 is 1. The van der Waals surface area contributed by atoms with E-state index in [1.165, 1.54) is 10.9 Å². The number of carbonyl (C=O) groups is 2. The minimum atomic E-state index is -0.393. The maximum absolute atomic E-state index is 13.0. The molecule has 1 heterocycles. The molecule has 2 amide bonds. The molecule has 154 valence electrons. The summed E-state index contributed by atoms with van der Waals surface area (Å²) in [6.45, 7) is 0. The molecular weight excluding hydrogens is 392 g/mol. The van der Waals surface area contributed by atoms with Crippen LogP contribution in [0, 0.1) is 0 Å². The van der Waals surface area contributed by atoms with Crippen LogP contribution in [0.15, 0.2) is 91.1 Å². The molecule has 0 spiro atoms. The minimum absolute atomic E-state index is 0.240. The van der Waals surface area contributed by atoms with Gasteiger partial charge in [-0.05, 0) is 48.5 Å². The van der Waals surface area contributed by atoms with Gasteiger partial charge in [0.1, 0.15) is 17.1 Å². The molecule has 0 aliphatic rings. The number of nitrogens with zero attached hydrogens (tertiary/aromatic N) is 2. The number of para-hydroxylation sites is 1. The Morgan fingerprint density at radius 3 is 2.10 bits per heavy atom. The Labute approximate surface area is 179 Å². The van der Waals surface area contributed by atoms with Crippen LogP contribution in [0.25, 0.3) is 5.69 Å².